The van der Waals surface area contributed by atoms with Gasteiger partial charge in [-0.2, -0.15) is 0 Å². The van der Waals surface area contributed by atoms with Crippen molar-refractivity contribution < 1.29 is 4.74 Å². The van der Waals surface area contributed by atoms with E-state index >= 15 is 0 Å². The Kier molecular flexibility index (Phi) is 5.16. The predicted octanol–water partition coefficient (Wildman–Crippen LogP) is 3.24. The summed E-state index contributed by atoms with van der Waals surface area (Å²) < 4.78 is 5.68. The Balaban J connectivity index is 2.23. The highest BCUT2D eigenvalue weighted by Crippen LogP contribution is 2.10. The minimum atomic E-state index is 0.215. The van der Waals surface area contributed by atoms with Gasteiger partial charge in [-0.25, -0.2) is 0 Å². The van der Waals surface area contributed by atoms with Gasteiger partial charge in [-0.3, -0.25) is 4.90 Å². The molecule has 0 saturated carbocycles. The van der Waals surface area contributed by atoms with E-state index in [1.54, 1.807) is 0 Å². The Labute approximate surface area is 106 Å². The zero-order valence-electron chi connectivity index (χ0n) is 11.8. The van der Waals surface area contributed by atoms with E-state index in [-0.39, 0.29) is 5.54 Å². The molecule has 1 rings (SSSR count). The molecule has 0 bridgehead atoms. The second-order valence-electron chi connectivity index (χ2n) is 5.63. The summed E-state index contributed by atoms with van der Waals surface area (Å²) in [6.07, 6.45) is 0. The second-order valence-corrected chi connectivity index (χ2v) is 5.63. The van der Waals surface area contributed by atoms with Gasteiger partial charge >= 0.3 is 0 Å². The van der Waals surface area contributed by atoms with Crippen LogP contribution in [-0.4, -0.2) is 30.6 Å². The smallest absolute Gasteiger partial charge is 0.0717 e. The molecule has 1 aromatic carbocycles. The lowest BCUT2D eigenvalue weighted by Crippen LogP contribution is -2.40. The van der Waals surface area contributed by atoms with Gasteiger partial charge in [0, 0.05) is 12.1 Å². The van der Waals surface area contributed by atoms with Crippen LogP contribution in [0, 0.1) is 6.92 Å². The van der Waals surface area contributed by atoms with Crippen LogP contribution >= 0.6 is 0 Å². The highest BCUT2D eigenvalue weighted by atomic mass is 16.5. The Morgan fingerprint density at radius 1 is 1.12 bits per heavy atom. The molecule has 0 aromatic heterocycles. The van der Waals surface area contributed by atoms with Gasteiger partial charge in [0.15, 0.2) is 0 Å². The maximum Gasteiger partial charge on any atom is 0.0717 e. The third kappa shape index (κ3) is 5.33. The van der Waals surface area contributed by atoms with Crippen LogP contribution in [0.2, 0.25) is 0 Å². The topological polar surface area (TPSA) is 12.5 Å². The van der Waals surface area contributed by atoms with Gasteiger partial charge in [0.1, 0.15) is 0 Å². The van der Waals surface area contributed by atoms with E-state index in [1.165, 1.54) is 11.1 Å². The average molecular weight is 235 g/mol. The van der Waals surface area contributed by atoms with Gasteiger partial charge in [0.25, 0.3) is 0 Å². The van der Waals surface area contributed by atoms with E-state index in [9.17, 15) is 0 Å². The van der Waals surface area contributed by atoms with Crippen molar-refractivity contribution in [3.05, 3.63) is 35.4 Å². The van der Waals surface area contributed by atoms with Crippen LogP contribution in [0.25, 0.3) is 0 Å². The van der Waals surface area contributed by atoms with Gasteiger partial charge in [-0.15, -0.1) is 0 Å². The number of benzene rings is 1. The van der Waals surface area contributed by atoms with Gasteiger partial charge in [0.05, 0.1) is 13.2 Å². The quantitative estimate of drug-likeness (QED) is 0.726. The van der Waals surface area contributed by atoms with E-state index in [0.717, 1.165) is 13.2 Å². The van der Waals surface area contributed by atoms with Crippen molar-refractivity contribution in [3.8, 4) is 0 Å². The first kappa shape index (κ1) is 14.2. The van der Waals surface area contributed by atoms with Crippen molar-refractivity contribution in [2.75, 3.05) is 20.2 Å². The summed E-state index contributed by atoms with van der Waals surface area (Å²) >= 11 is 0. The maximum absolute atomic E-state index is 5.68. The highest BCUT2D eigenvalue weighted by Gasteiger charge is 2.15. The summed E-state index contributed by atoms with van der Waals surface area (Å²) in [5.74, 6) is 0. The number of hydrogen-bond acceptors (Lipinski definition) is 2. The molecule has 0 amide bonds. The summed E-state index contributed by atoms with van der Waals surface area (Å²) in [4.78, 5) is 2.31. The van der Waals surface area contributed by atoms with Crippen molar-refractivity contribution in [2.45, 2.75) is 39.8 Å². The van der Waals surface area contributed by atoms with E-state index in [2.05, 4.69) is 63.9 Å². The second kappa shape index (κ2) is 6.18. The minimum Gasteiger partial charge on any atom is -0.375 e. The lowest BCUT2D eigenvalue weighted by molar-refractivity contribution is 0.0723. The summed E-state index contributed by atoms with van der Waals surface area (Å²) in [5.41, 5.74) is 2.75. The number of nitrogens with zero attached hydrogens (tertiary/aromatic N) is 1. The molecule has 0 aliphatic heterocycles. The van der Waals surface area contributed by atoms with Crippen LogP contribution in [-0.2, 0) is 11.3 Å². The van der Waals surface area contributed by atoms with E-state index in [4.69, 9.17) is 4.74 Å². The van der Waals surface area contributed by atoms with Crippen LogP contribution < -0.4 is 0 Å². The fourth-order valence-electron chi connectivity index (χ4n) is 1.41. The lowest BCUT2D eigenvalue weighted by atomic mass is 10.1. The molecule has 2 nitrogen and oxygen atoms in total. The standard InChI is InChI=1S/C15H25NO/c1-13-6-8-14(9-7-13)12-17-11-10-16(5)15(2,3)4/h6-9H,10-12H2,1-5H3. The number of likely N-dealkylation sites (N-methyl/N-ethyl adjacent to an activating group) is 1. The number of hydrogen-bond donors (Lipinski definition) is 0. The van der Waals surface area contributed by atoms with Crippen molar-refractivity contribution in [2.24, 2.45) is 0 Å². The maximum atomic E-state index is 5.68. The fraction of sp³-hybridized carbons (Fsp3) is 0.600. The first-order valence-electron chi connectivity index (χ1n) is 6.24. The van der Waals surface area contributed by atoms with Gasteiger partial charge in [0.2, 0.25) is 0 Å². The van der Waals surface area contributed by atoms with Crippen molar-refractivity contribution in [1.82, 2.24) is 4.90 Å². The molecule has 0 aliphatic rings. The highest BCUT2D eigenvalue weighted by molar-refractivity contribution is 5.20. The zero-order chi connectivity index (χ0) is 12.9. The van der Waals surface area contributed by atoms with Gasteiger partial charge in [-0.1, -0.05) is 29.8 Å². The van der Waals surface area contributed by atoms with E-state index in [1.807, 2.05) is 0 Å². The van der Waals surface area contributed by atoms with Crippen LogP contribution in [0.5, 0.6) is 0 Å². The Morgan fingerprint density at radius 2 is 1.71 bits per heavy atom. The molecule has 0 aliphatic carbocycles. The molecule has 17 heavy (non-hydrogen) atoms. The summed E-state index contributed by atoms with van der Waals surface area (Å²) in [6, 6.07) is 8.51. The summed E-state index contributed by atoms with van der Waals surface area (Å²) in [7, 11) is 2.13. The van der Waals surface area contributed by atoms with Crippen molar-refractivity contribution in [1.29, 1.82) is 0 Å². The molecule has 0 fully saturated rings. The van der Waals surface area contributed by atoms with E-state index < -0.39 is 0 Å². The van der Waals surface area contributed by atoms with Crippen LogP contribution in [0.4, 0.5) is 0 Å². The number of ether oxygens (including phenoxy) is 1. The Morgan fingerprint density at radius 3 is 2.24 bits per heavy atom. The first-order chi connectivity index (χ1) is 7.89. The average Bonchev–Trinajstić information content (AvgIpc) is 2.25. The van der Waals surface area contributed by atoms with Crippen LogP contribution in [0.15, 0.2) is 24.3 Å². The van der Waals surface area contributed by atoms with Crippen LogP contribution in [0.1, 0.15) is 31.9 Å². The Hall–Kier alpha value is -0.860. The summed E-state index contributed by atoms with van der Waals surface area (Å²) in [6.45, 7) is 11.2. The van der Waals surface area contributed by atoms with Gasteiger partial charge < -0.3 is 4.74 Å². The third-order valence-corrected chi connectivity index (χ3v) is 3.11. The SMILES string of the molecule is Cc1ccc(COCCN(C)C(C)(C)C)cc1. The first-order valence-corrected chi connectivity index (χ1v) is 6.24. The molecule has 96 valence electrons. The molecule has 0 radical (unpaired) electrons. The zero-order valence-corrected chi connectivity index (χ0v) is 11.8. The molecule has 0 atom stereocenters. The largest absolute Gasteiger partial charge is 0.375 e. The number of rotatable bonds is 5. The van der Waals surface area contributed by atoms with Gasteiger partial charge in [-0.05, 0) is 40.3 Å². The molecule has 2 heteroatoms. The summed E-state index contributed by atoms with van der Waals surface area (Å²) in [5, 5.41) is 0. The van der Waals surface area contributed by atoms with E-state index in [0.29, 0.717) is 6.61 Å². The predicted molar refractivity (Wildman–Crippen MR) is 73.2 cm³/mol. The fourth-order valence-corrected chi connectivity index (χ4v) is 1.41. The van der Waals surface area contributed by atoms with Crippen molar-refractivity contribution >= 4 is 0 Å². The lowest BCUT2D eigenvalue weighted by Gasteiger charge is -2.31. The normalized spacial score (nSPS) is 12.1. The van der Waals surface area contributed by atoms with Crippen molar-refractivity contribution in [3.63, 3.8) is 0 Å². The molecule has 0 N–H and O–H groups in total. The molecule has 0 saturated heterocycles. The molecular formula is C15H25NO. The molecule has 0 unspecified atom stereocenters. The van der Waals surface area contributed by atoms with Crippen LogP contribution in [0.3, 0.4) is 0 Å². The number of aryl methyl sites for hydroxylation is 1. The molecule has 1 aromatic rings. The monoisotopic (exact) mass is 235 g/mol. The molecular weight excluding hydrogens is 210 g/mol. The molecule has 0 heterocycles. The molecule has 0 spiro atoms. The minimum absolute atomic E-state index is 0.215. The Bertz CT molecular complexity index is 324. The third-order valence-electron chi connectivity index (χ3n) is 3.11.